The highest BCUT2D eigenvalue weighted by Gasteiger charge is 2.26. The lowest BCUT2D eigenvalue weighted by molar-refractivity contribution is 0.172. The number of anilines is 2. The Morgan fingerprint density at radius 1 is 1.10 bits per heavy atom. The lowest BCUT2D eigenvalue weighted by Crippen LogP contribution is -2.38. The van der Waals surface area contributed by atoms with E-state index in [9.17, 15) is 5.26 Å². The molecule has 152 valence electrons. The van der Waals surface area contributed by atoms with Crippen molar-refractivity contribution in [3.05, 3.63) is 41.5 Å². The summed E-state index contributed by atoms with van der Waals surface area (Å²) in [4.78, 5) is 9.54. The smallest absolute Gasteiger partial charge is 0.142 e. The third-order valence-corrected chi connectivity index (χ3v) is 6.50. The molecule has 4 rings (SSSR count). The molecular weight excluding hydrogens is 358 g/mol. The molecule has 0 spiro atoms. The third kappa shape index (κ3) is 4.09. The fourth-order valence-electron chi connectivity index (χ4n) is 4.74. The van der Waals surface area contributed by atoms with E-state index in [0.29, 0.717) is 23.3 Å². The Bertz CT molecular complexity index is 900. The van der Waals surface area contributed by atoms with Crippen molar-refractivity contribution in [1.82, 2.24) is 9.88 Å². The molecule has 1 aromatic carbocycles. The zero-order valence-corrected chi connectivity index (χ0v) is 17.6. The van der Waals surface area contributed by atoms with Gasteiger partial charge in [0.1, 0.15) is 11.9 Å². The SMILES string of the molecule is CC(C)N1CCC(c2cc(-c3cccc(N4CCCC4)c3)nc(N)c2C#N)CC1. The lowest BCUT2D eigenvalue weighted by Gasteiger charge is -2.35. The minimum Gasteiger partial charge on any atom is -0.383 e. The van der Waals surface area contributed by atoms with Crippen molar-refractivity contribution in [2.75, 3.05) is 36.8 Å². The van der Waals surface area contributed by atoms with Crippen LogP contribution in [0.15, 0.2) is 30.3 Å². The van der Waals surface area contributed by atoms with Gasteiger partial charge in [-0.15, -0.1) is 0 Å². The average Bonchev–Trinajstić information content (AvgIpc) is 3.28. The molecule has 0 amide bonds. The zero-order valence-electron chi connectivity index (χ0n) is 17.6. The van der Waals surface area contributed by atoms with Gasteiger partial charge in [0.2, 0.25) is 0 Å². The molecule has 29 heavy (non-hydrogen) atoms. The number of piperidine rings is 1. The van der Waals surface area contributed by atoms with E-state index in [4.69, 9.17) is 5.73 Å². The molecule has 2 aromatic rings. The molecule has 0 bridgehead atoms. The van der Waals surface area contributed by atoms with Crippen molar-refractivity contribution in [2.45, 2.75) is 51.5 Å². The number of nitrogen functional groups attached to an aromatic ring is 1. The van der Waals surface area contributed by atoms with E-state index in [2.05, 4.69) is 65.0 Å². The number of benzene rings is 1. The Morgan fingerprint density at radius 2 is 1.83 bits per heavy atom. The summed E-state index contributed by atoms with van der Waals surface area (Å²) in [5.41, 5.74) is 11.1. The monoisotopic (exact) mass is 389 g/mol. The van der Waals surface area contributed by atoms with Crippen molar-refractivity contribution in [3.8, 4) is 17.3 Å². The quantitative estimate of drug-likeness (QED) is 0.840. The van der Waals surface area contributed by atoms with Crippen LogP contribution in [-0.2, 0) is 0 Å². The van der Waals surface area contributed by atoms with Crippen LogP contribution in [-0.4, -0.2) is 42.1 Å². The van der Waals surface area contributed by atoms with Gasteiger partial charge in [-0.1, -0.05) is 12.1 Å². The molecule has 0 radical (unpaired) electrons. The van der Waals surface area contributed by atoms with Gasteiger partial charge in [0, 0.05) is 30.4 Å². The van der Waals surface area contributed by atoms with Gasteiger partial charge >= 0.3 is 0 Å². The second-order valence-electron chi connectivity index (χ2n) is 8.62. The molecule has 5 heteroatoms. The van der Waals surface area contributed by atoms with Crippen LogP contribution in [0.3, 0.4) is 0 Å². The molecule has 2 aliphatic rings. The largest absolute Gasteiger partial charge is 0.383 e. The first kappa shape index (κ1) is 19.7. The van der Waals surface area contributed by atoms with Crippen molar-refractivity contribution in [2.24, 2.45) is 0 Å². The van der Waals surface area contributed by atoms with Gasteiger partial charge in [-0.2, -0.15) is 5.26 Å². The van der Waals surface area contributed by atoms with Crippen molar-refractivity contribution < 1.29 is 0 Å². The van der Waals surface area contributed by atoms with Gasteiger partial charge in [0.05, 0.1) is 11.3 Å². The first-order chi connectivity index (χ1) is 14.1. The highest BCUT2D eigenvalue weighted by molar-refractivity contribution is 5.70. The molecule has 0 saturated carbocycles. The molecular formula is C24H31N5. The van der Waals surface area contributed by atoms with Gasteiger partial charge in [-0.25, -0.2) is 4.98 Å². The average molecular weight is 390 g/mol. The van der Waals surface area contributed by atoms with Crippen LogP contribution in [0.5, 0.6) is 0 Å². The minimum atomic E-state index is 0.359. The number of pyridine rings is 1. The highest BCUT2D eigenvalue weighted by Crippen LogP contribution is 2.35. The van der Waals surface area contributed by atoms with E-state index >= 15 is 0 Å². The molecule has 3 heterocycles. The van der Waals surface area contributed by atoms with Crippen LogP contribution < -0.4 is 10.6 Å². The van der Waals surface area contributed by atoms with Crippen LogP contribution in [0.25, 0.3) is 11.3 Å². The number of likely N-dealkylation sites (tertiary alicyclic amines) is 1. The summed E-state index contributed by atoms with van der Waals surface area (Å²) >= 11 is 0. The Labute approximate surface area is 174 Å². The Kier molecular flexibility index (Phi) is 5.73. The summed E-state index contributed by atoms with van der Waals surface area (Å²) in [7, 11) is 0. The molecule has 5 nitrogen and oxygen atoms in total. The van der Waals surface area contributed by atoms with Gasteiger partial charge in [0.15, 0.2) is 0 Å². The molecule has 0 aliphatic carbocycles. The summed E-state index contributed by atoms with van der Waals surface area (Å²) in [6, 6.07) is 13.6. The number of nitrogens with zero attached hydrogens (tertiary/aromatic N) is 4. The normalized spacial score (nSPS) is 18.3. The van der Waals surface area contributed by atoms with E-state index in [1.165, 1.54) is 18.5 Å². The van der Waals surface area contributed by atoms with Gasteiger partial charge < -0.3 is 15.5 Å². The van der Waals surface area contributed by atoms with Crippen LogP contribution in [0.2, 0.25) is 0 Å². The molecule has 2 aliphatic heterocycles. The second-order valence-corrected chi connectivity index (χ2v) is 8.62. The van der Waals surface area contributed by atoms with Crippen LogP contribution in [0, 0.1) is 11.3 Å². The first-order valence-electron chi connectivity index (χ1n) is 10.9. The molecule has 1 aromatic heterocycles. The van der Waals surface area contributed by atoms with Crippen molar-refractivity contribution in [3.63, 3.8) is 0 Å². The molecule has 0 unspecified atom stereocenters. The third-order valence-electron chi connectivity index (χ3n) is 6.50. The molecule has 2 N–H and O–H groups in total. The maximum atomic E-state index is 9.73. The maximum Gasteiger partial charge on any atom is 0.142 e. The van der Waals surface area contributed by atoms with Crippen molar-refractivity contribution in [1.29, 1.82) is 5.26 Å². The molecule has 0 atom stereocenters. The fraction of sp³-hybridized carbons (Fsp3) is 0.500. The standard InChI is InChI=1S/C24H31N5/c1-17(2)28-12-8-18(9-13-28)21-15-23(27-24(26)22(21)16-25)19-6-5-7-20(14-19)29-10-3-4-11-29/h5-7,14-15,17-18H,3-4,8-13H2,1-2H3,(H2,26,27). The Morgan fingerprint density at radius 3 is 2.48 bits per heavy atom. The minimum absolute atomic E-state index is 0.359. The summed E-state index contributed by atoms with van der Waals surface area (Å²) in [5, 5.41) is 9.73. The van der Waals surface area contributed by atoms with Crippen LogP contribution in [0.4, 0.5) is 11.5 Å². The van der Waals surface area contributed by atoms with Gasteiger partial charge in [-0.05, 0) is 82.3 Å². The predicted octanol–water partition coefficient (Wildman–Crippen LogP) is 4.39. The number of hydrogen-bond acceptors (Lipinski definition) is 5. The van der Waals surface area contributed by atoms with E-state index in [-0.39, 0.29) is 0 Å². The number of hydrogen-bond donors (Lipinski definition) is 1. The topological polar surface area (TPSA) is 69.2 Å². The number of nitrogens with two attached hydrogens (primary N) is 1. The highest BCUT2D eigenvalue weighted by atomic mass is 15.2. The fourth-order valence-corrected chi connectivity index (χ4v) is 4.74. The Balaban J connectivity index is 1.66. The summed E-state index contributed by atoms with van der Waals surface area (Å²) < 4.78 is 0. The number of nitriles is 1. The van der Waals surface area contributed by atoms with E-state index < -0.39 is 0 Å². The van der Waals surface area contributed by atoms with Crippen LogP contribution in [0.1, 0.15) is 56.6 Å². The van der Waals surface area contributed by atoms with Gasteiger partial charge in [0.25, 0.3) is 0 Å². The van der Waals surface area contributed by atoms with E-state index in [1.807, 2.05) is 0 Å². The first-order valence-corrected chi connectivity index (χ1v) is 10.9. The van der Waals surface area contributed by atoms with E-state index in [1.54, 1.807) is 0 Å². The summed E-state index contributed by atoms with van der Waals surface area (Å²) in [6.07, 6.45) is 4.63. The predicted molar refractivity (Wildman–Crippen MR) is 119 cm³/mol. The molecule has 2 saturated heterocycles. The molecule has 2 fully saturated rings. The zero-order chi connectivity index (χ0) is 20.4. The lowest BCUT2D eigenvalue weighted by atomic mass is 9.86. The number of aromatic nitrogens is 1. The van der Waals surface area contributed by atoms with Gasteiger partial charge in [-0.3, -0.25) is 0 Å². The second kappa shape index (κ2) is 8.42. The summed E-state index contributed by atoms with van der Waals surface area (Å²) in [5.74, 6) is 0.725. The van der Waals surface area contributed by atoms with Crippen molar-refractivity contribution >= 4 is 11.5 Å². The maximum absolute atomic E-state index is 9.73. The summed E-state index contributed by atoms with van der Waals surface area (Å²) in [6.45, 7) is 8.86. The number of rotatable bonds is 4. The van der Waals surface area contributed by atoms with E-state index in [0.717, 1.165) is 55.8 Å². The Hall–Kier alpha value is -2.58. The van der Waals surface area contributed by atoms with Crippen LogP contribution >= 0.6 is 0 Å².